The van der Waals surface area contributed by atoms with E-state index in [1.807, 2.05) is 0 Å². The fourth-order valence-corrected chi connectivity index (χ4v) is 1.05. The highest BCUT2D eigenvalue weighted by molar-refractivity contribution is 5.81. The maximum Gasteiger partial charge on any atom is 0.170 e. The van der Waals surface area contributed by atoms with Gasteiger partial charge in [-0.25, -0.2) is 14.4 Å². The summed E-state index contributed by atoms with van der Waals surface area (Å²) in [4.78, 5) is 11.9. The van der Waals surface area contributed by atoms with Crippen LogP contribution in [0.4, 0.5) is 10.2 Å². The van der Waals surface area contributed by atoms with Crippen LogP contribution in [0.15, 0.2) is 47.8 Å². The summed E-state index contributed by atoms with van der Waals surface area (Å²) in [6.45, 7) is 0. The van der Waals surface area contributed by atoms with Crippen molar-refractivity contribution in [3.8, 4) is 0 Å². The first-order chi connectivity index (χ1) is 7.34. The second-order valence-corrected chi connectivity index (χ2v) is 2.87. The van der Waals surface area contributed by atoms with Crippen LogP contribution in [0.5, 0.6) is 0 Å². The molecule has 2 rings (SSSR count). The summed E-state index contributed by atoms with van der Waals surface area (Å²) in [5.41, 5.74) is 0.821. The maximum atomic E-state index is 12.6. The molecular formula is C11H8FN3. The number of nitrogens with zero attached hydrogens (tertiary/aromatic N) is 3. The molecule has 0 saturated heterocycles. The van der Waals surface area contributed by atoms with E-state index in [1.165, 1.54) is 12.1 Å². The predicted octanol–water partition coefficient (Wildman–Crippen LogP) is 2.37. The van der Waals surface area contributed by atoms with Gasteiger partial charge in [-0.15, -0.1) is 0 Å². The van der Waals surface area contributed by atoms with Crippen molar-refractivity contribution in [1.29, 1.82) is 0 Å². The molecule has 1 heterocycles. The van der Waals surface area contributed by atoms with Crippen LogP contribution in [0.25, 0.3) is 0 Å². The van der Waals surface area contributed by atoms with Gasteiger partial charge < -0.3 is 0 Å². The zero-order valence-corrected chi connectivity index (χ0v) is 7.84. The molecule has 0 aliphatic carbocycles. The largest absolute Gasteiger partial charge is 0.259 e. The third-order valence-corrected chi connectivity index (χ3v) is 1.77. The van der Waals surface area contributed by atoms with Gasteiger partial charge in [-0.2, -0.15) is 0 Å². The van der Waals surface area contributed by atoms with E-state index in [-0.39, 0.29) is 5.82 Å². The van der Waals surface area contributed by atoms with Crippen LogP contribution in [-0.2, 0) is 0 Å². The Kier molecular flexibility index (Phi) is 2.78. The Morgan fingerprint density at radius 1 is 1.13 bits per heavy atom. The Labute approximate surface area is 86.4 Å². The van der Waals surface area contributed by atoms with Gasteiger partial charge in [0.25, 0.3) is 0 Å². The predicted molar refractivity (Wildman–Crippen MR) is 55.7 cm³/mol. The molecule has 0 aliphatic rings. The van der Waals surface area contributed by atoms with E-state index < -0.39 is 0 Å². The van der Waals surface area contributed by atoms with Gasteiger partial charge in [0.05, 0.1) is 6.20 Å². The standard InChI is InChI=1S/C11H8FN3/c12-10-3-1-9(2-4-10)7-15-11-8-13-5-6-14-11/h1-8H. The molecule has 0 fully saturated rings. The van der Waals surface area contributed by atoms with E-state index in [0.29, 0.717) is 5.82 Å². The van der Waals surface area contributed by atoms with Gasteiger partial charge in [0, 0.05) is 18.6 Å². The molecule has 0 spiro atoms. The third kappa shape index (κ3) is 2.67. The lowest BCUT2D eigenvalue weighted by atomic mass is 10.2. The molecule has 0 amide bonds. The smallest absolute Gasteiger partial charge is 0.170 e. The summed E-state index contributed by atoms with van der Waals surface area (Å²) in [5, 5.41) is 0. The number of halogens is 1. The third-order valence-electron chi connectivity index (χ3n) is 1.77. The van der Waals surface area contributed by atoms with Crippen molar-refractivity contribution in [2.45, 2.75) is 0 Å². The molecule has 0 bridgehead atoms. The molecule has 0 atom stereocenters. The molecule has 2 aromatic rings. The first kappa shape index (κ1) is 9.45. The highest BCUT2D eigenvalue weighted by Crippen LogP contribution is 2.04. The van der Waals surface area contributed by atoms with Gasteiger partial charge >= 0.3 is 0 Å². The summed E-state index contributed by atoms with van der Waals surface area (Å²) >= 11 is 0. The Morgan fingerprint density at radius 2 is 1.93 bits per heavy atom. The van der Waals surface area contributed by atoms with E-state index in [4.69, 9.17) is 0 Å². The molecule has 1 aromatic carbocycles. The number of hydrogen-bond acceptors (Lipinski definition) is 3. The van der Waals surface area contributed by atoms with E-state index >= 15 is 0 Å². The average Bonchev–Trinajstić information content (AvgIpc) is 2.30. The maximum absolute atomic E-state index is 12.6. The minimum absolute atomic E-state index is 0.258. The Balaban J connectivity index is 2.15. The second kappa shape index (κ2) is 4.41. The minimum Gasteiger partial charge on any atom is -0.259 e. The molecule has 3 nitrogen and oxygen atoms in total. The monoisotopic (exact) mass is 201 g/mol. The van der Waals surface area contributed by atoms with Crippen molar-refractivity contribution < 1.29 is 4.39 Å². The summed E-state index contributed by atoms with van der Waals surface area (Å²) in [6, 6.07) is 6.07. The summed E-state index contributed by atoms with van der Waals surface area (Å²) in [6.07, 6.45) is 6.32. The highest BCUT2D eigenvalue weighted by atomic mass is 19.1. The lowest BCUT2D eigenvalue weighted by molar-refractivity contribution is 0.628. The average molecular weight is 201 g/mol. The van der Waals surface area contributed by atoms with Gasteiger partial charge in [-0.05, 0) is 17.7 Å². The molecule has 0 N–H and O–H groups in total. The minimum atomic E-state index is -0.258. The van der Waals surface area contributed by atoms with E-state index in [0.717, 1.165) is 5.56 Å². The number of hydrogen-bond donors (Lipinski definition) is 0. The molecule has 0 radical (unpaired) electrons. The fourth-order valence-electron chi connectivity index (χ4n) is 1.05. The Morgan fingerprint density at radius 3 is 2.60 bits per heavy atom. The van der Waals surface area contributed by atoms with Crippen LogP contribution in [0.3, 0.4) is 0 Å². The molecule has 0 unspecified atom stereocenters. The van der Waals surface area contributed by atoms with E-state index in [2.05, 4.69) is 15.0 Å². The number of benzene rings is 1. The van der Waals surface area contributed by atoms with E-state index in [9.17, 15) is 4.39 Å². The molecule has 15 heavy (non-hydrogen) atoms. The second-order valence-electron chi connectivity index (χ2n) is 2.87. The van der Waals surface area contributed by atoms with Gasteiger partial charge in [0.2, 0.25) is 0 Å². The number of rotatable bonds is 2. The van der Waals surface area contributed by atoms with Crippen LogP contribution in [0, 0.1) is 5.82 Å². The first-order valence-electron chi connectivity index (χ1n) is 4.40. The Bertz CT molecular complexity index is 451. The normalized spacial score (nSPS) is 10.7. The molecule has 4 heteroatoms. The summed E-state index contributed by atoms with van der Waals surface area (Å²) in [5.74, 6) is 0.272. The quantitative estimate of drug-likeness (QED) is 0.699. The van der Waals surface area contributed by atoms with Gasteiger partial charge in [-0.1, -0.05) is 12.1 Å². The van der Waals surface area contributed by atoms with Crippen molar-refractivity contribution >= 4 is 12.0 Å². The lowest BCUT2D eigenvalue weighted by Gasteiger charge is -1.92. The first-order valence-corrected chi connectivity index (χ1v) is 4.40. The SMILES string of the molecule is Fc1ccc(C=Nc2cnccn2)cc1. The van der Waals surface area contributed by atoms with Crippen molar-refractivity contribution in [3.63, 3.8) is 0 Å². The van der Waals surface area contributed by atoms with Crippen LogP contribution in [-0.4, -0.2) is 16.2 Å². The van der Waals surface area contributed by atoms with Crippen LogP contribution in [0.2, 0.25) is 0 Å². The summed E-state index contributed by atoms with van der Waals surface area (Å²) in [7, 11) is 0. The zero-order chi connectivity index (χ0) is 10.5. The molecule has 0 saturated carbocycles. The molecule has 0 aliphatic heterocycles. The van der Waals surface area contributed by atoms with Crippen molar-refractivity contribution in [2.24, 2.45) is 4.99 Å². The molecule has 1 aromatic heterocycles. The highest BCUT2D eigenvalue weighted by Gasteiger charge is 1.90. The van der Waals surface area contributed by atoms with Crippen LogP contribution < -0.4 is 0 Å². The molecular weight excluding hydrogens is 193 g/mol. The van der Waals surface area contributed by atoms with Crippen LogP contribution >= 0.6 is 0 Å². The zero-order valence-electron chi connectivity index (χ0n) is 7.84. The Hall–Kier alpha value is -2.10. The topological polar surface area (TPSA) is 38.1 Å². The van der Waals surface area contributed by atoms with Crippen LogP contribution in [0.1, 0.15) is 5.56 Å². The van der Waals surface area contributed by atoms with Gasteiger partial charge in [0.1, 0.15) is 5.82 Å². The molecule has 74 valence electrons. The number of aromatic nitrogens is 2. The van der Waals surface area contributed by atoms with Gasteiger partial charge in [0.15, 0.2) is 5.82 Å². The fraction of sp³-hybridized carbons (Fsp3) is 0. The summed E-state index contributed by atoms with van der Waals surface area (Å²) < 4.78 is 12.6. The number of aliphatic imine (C=N–C) groups is 1. The van der Waals surface area contributed by atoms with E-state index in [1.54, 1.807) is 36.9 Å². The van der Waals surface area contributed by atoms with Crippen molar-refractivity contribution in [1.82, 2.24) is 9.97 Å². The van der Waals surface area contributed by atoms with Crippen molar-refractivity contribution in [2.75, 3.05) is 0 Å². The van der Waals surface area contributed by atoms with Gasteiger partial charge in [-0.3, -0.25) is 4.98 Å². The lowest BCUT2D eigenvalue weighted by Crippen LogP contribution is -1.82. The van der Waals surface area contributed by atoms with Crippen molar-refractivity contribution in [3.05, 3.63) is 54.2 Å².